The molecule has 0 spiro atoms. The van der Waals surface area contributed by atoms with Gasteiger partial charge in [-0.25, -0.2) is 13.6 Å². The van der Waals surface area contributed by atoms with Gasteiger partial charge in [-0.3, -0.25) is 9.69 Å². The van der Waals surface area contributed by atoms with Crippen molar-refractivity contribution in [3.8, 4) is 0 Å². The molecule has 2 aromatic carbocycles. The summed E-state index contributed by atoms with van der Waals surface area (Å²) in [6, 6.07) is 11.8. The fourth-order valence-corrected chi connectivity index (χ4v) is 3.68. The van der Waals surface area contributed by atoms with Crippen molar-refractivity contribution in [2.45, 2.75) is 29.7 Å². The number of nitrogens with zero attached hydrogens (tertiary/aromatic N) is 1. The minimum atomic E-state index is -0.706. The smallest absolute Gasteiger partial charge is 0.325 e. The molecule has 0 saturated carbocycles. The Hall–Kier alpha value is -2.41. The number of halogens is 2. The van der Waals surface area contributed by atoms with E-state index in [2.05, 4.69) is 5.32 Å². The fraction of sp³-hybridized carbons (Fsp3) is 0.222. The van der Waals surface area contributed by atoms with E-state index >= 15 is 0 Å². The van der Waals surface area contributed by atoms with Crippen molar-refractivity contribution < 1.29 is 18.4 Å². The molecule has 3 amide bonds. The number of nitrogens with one attached hydrogen (secondary N) is 1. The molecule has 130 valence electrons. The first-order chi connectivity index (χ1) is 12.0. The Morgan fingerprint density at radius 1 is 1.24 bits per heavy atom. The Kier molecular flexibility index (Phi) is 5.03. The first-order valence-electron chi connectivity index (χ1n) is 7.75. The second-order valence-electron chi connectivity index (χ2n) is 5.70. The van der Waals surface area contributed by atoms with Crippen molar-refractivity contribution in [3.63, 3.8) is 0 Å². The van der Waals surface area contributed by atoms with Gasteiger partial charge in [0.05, 0.1) is 12.5 Å². The Labute approximate surface area is 148 Å². The molecule has 0 aliphatic carbocycles. The summed E-state index contributed by atoms with van der Waals surface area (Å²) in [6.45, 7) is 1.82. The van der Waals surface area contributed by atoms with Crippen LogP contribution in [0.25, 0.3) is 0 Å². The molecule has 1 saturated heterocycles. The highest BCUT2D eigenvalue weighted by atomic mass is 32.2. The van der Waals surface area contributed by atoms with Crippen molar-refractivity contribution in [2.24, 2.45) is 0 Å². The van der Waals surface area contributed by atoms with E-state index in [9.17, 15) is 18.4 Å². The lowest BCUT2D eigenvalue weighted by Gasteiger charge is -2.38. The van der Waals surface area contributed by atoms with Crippen LogP contribution in [0, 0.1) is 11.6 Å². The van der Waals surface area contributed by atoms with E-state index in [0.29, 0.717) is 0 Å². The molecule has 1 aliphatic rings. The van der Waals surface area contributed by atoms with E-state index in [1.807, 2.05) is 37.3 Å². The standard InChI is InChI=1S/C18H16F2N2O2S/c1-11(12-5-3-2-4-6-12)21-18(24)22-16(23)10-17(22)25-15-8-7-13(19)9-14(15)20/h2-9,11,17H,10H2,1H3,(H,21,24)/t11-,17-/m1/s1. The summed E-state index contributed by atoms with van der Waals surface area (Å²) in [6.07, 6.45) is 0.134. The van der Waals surface area contributed by atoms with Crippen LogP contribution in [-0.2, 0) is 4.79 Å². The molecule has 4 nitrogen and oxygen atoms in total. The van der Waals surface area contributed by atoms with Crippen molar-refractivity contribution in [2.75, 3.05) is 0 Å². The molecule has 2 aromatic rings. The van der Waals surface area contributed by atoms with E-state index in [-0.39, 0.29) is 23.3 Å². The Morgan fingerprint density at radius 3 is 2.60 bits per heavy atom. The lowest BCUT2D eigenvalue weighted by atomic mass is 10.1. The maximum Gasteiger partial charge on any atom is 0.325 e. The minimum Gasteiger partial charge on any atom is -0.331 e. The van der Waals surface area contributed by atoms with Gasteiger partial charge in [0.25, 0.3) is 0 Å². The van der Waals surface area contributed by atoms with Crippen molar-refractivity contribution in [1.29, 1.82) is 0 Å². The van der Waals surface area contributed by atoms with Crippen molar-refractivity contribution in [1.82, 2.24) is 10.2 Å². The lowest BCUT2D eigenvalue weighted by Crippen LogP contribution is -2.57. The number of amides is 3. The van der Waals surface area contributed by atoms with Crippen LogP contribution in [0.4, 0.5) is 13.6 Å². The number of carbonyl (C=O) groups is 2. The molecular formula is C18H16F2N2O2S. The molecule has 25 heavy (non-hydrogen) atoms. The van der Waals surface area contributed by atoms with Gasteiger partial charge < -0.3 is 5.32 Å². The molecule has 1 heterocycles. The average molecular weight is 362 g/mol. The van der Waals surface area contributed by atoms with Gasteiger partial charge in [-0.05, 0) is 24.6 Å². The predicted octanol–water partition coefficient (Wildman–Crippen LogP) is 4.09. The van der Waals surface area contributed by atoms with Gasteiger partial charge in [0.2, 0.25) is 5.91 Å². The summed E-state index contributed by atoms with van der Waals surface area (Å²) in [4.78, 5) is 25.5. The van der Waals surface area contributed by atoms with E-state index in [1.54, 1.807) is 0 Å². The van der Waals surface area contributed by atoms with Crippen LogP contribution in [0.15, 0.2) is 53.4 Å². The first-order valence-corrected chi connectivity index (χ1v) is 8.63. The van der Waals surface area contributed by atoms with Crippen LogP contribution in [0.5, 0.6) is 0 Å². The van der Waals surface area contributed by atoms with Crippen molar-refractivity contribution in [3.05, 3.63) is 65.7 Å². The van der Waals surface area contributed by atoms with Crippen LogP contribution in [-0.4, -0.2) is 22.2 Å². The third-order valence-electron chi connectivity index (χ3n) is 3.92. The first kappa shape index (κ1) is 17.4. The fourth-order valence-electron chi connectivity index (χ4n) is 2.52. The van der Waals surface area contributed by atoms with Crippen LogP contribution in [0.1, 0.15) is 24.9 Å². The maximum atomic E-state index is 13.8. The Balaban J connectivity index is 1.66. The van der Waals surface area contributed by atoms with E-state index in [1.165, 1.54) is 6.07 Å². The highest BCUT2D eigenvalue weighted by Crippen LogP contribution is 2.36. The largest absolute Gasteiger partial charge is 0.331 e. The SMILES string of the molecule is C[C@@H](NC(=O)N1C(=O)C[C@H]1Sc1ccc(F)cc1F)c1ccccc1. The molecule has 7 heteroatoms. The number of likely N-dealkylation sites (tertiary alicyclic amines) is 1. The van der Waals surface area contributed by atoms with Crippen LogP contribution < -0.4 is 5.32 Å². The molecular weight excluding hydrogens is 346 g/mol. The number of hydrogen-bond donors (Lipinski definition) is 1. The number of urea groups is 1. The van der Waals surface area contributed by atoms with E-state index < -0.39 is 23.0 Å². The zero-order valence-corrected chi connectivity index (χ0v) is 14.2. The second kappa shape index (κ2) is 7.23. The third kappa shape index (κ3) is 3.82. The number of β-lactam (4-membered cyclic amide) rings is 1. The molecule has 1 N–H and O–H groups in total. The van der Waals surface area contributed by atoms with E-state index in [4.69, 9.17) is 0 Å². The Bertz CT molecular complexity index is 801. The van der Waals surface area contributed by atoms with Gasteiger partial charge in [-0.15, -0.1) is 0 Å². The summed E-state index contributed by atoms with van der Waals surface area (Å²) in [5.74, 6) is -1.70. The topological polar surface area (TPSA) is 49.4 Å². The summed E-state index contributed by atoms with van der Waals surface area (Å²) in [5, 5.41) is 2.26. The maximum absolute atomic E-state index is 13.8. The zero-order chi connectivity index (χ0) is 18.0. The van der Waals surface area contributed by atoms with Crippen molar-refractivity contribution >= 4 is 23.7 Å². The quantitative estimate of drug-likeness (QED) is 0.834. The van der Waals surface area contributed by atoms with Gasteiger partial charge in [0.15, 0.2) is 0 Å². The lowest BCUT2D eigenvalue weighted by molar-refractivity contribution is -0.137. The molecule has 0 aromatic heterocycles. The third-order valence-corrected chi connectivity index (χ3v) is 5.16. The second-order valence-corrected chi connectivity index (χ2v) is 6.92. The van der Waals surface area contributed by atoms with Gasteiger partial charge in [0.1, 0.15) is 17.0 Å². The number of carbonyl (C=O) groups excluding carboxylic acids is 2. The van der Waals surface area contributed by atoms with Gasteiger partial charge >= 0.3 is 6.03 Å². The average Bonchev–Trinajstić information content (AvgIpc) is 2.57. The summed E-state index contributed by atoms with van der Waals surface area (Å²) >= 11 is 1.03. The molecule has 0 unspecified atom stereocenters. The minimum absolute atomic E-state index is 0.134. The predicted molar refractivity (Wildman–Crippen MR) is 90.9 cm³/mol. The van der Waals surface area contributed by atoms with Gasteiger partial charge in [-0.1, -0.05) is 42.1 Å². The van der Waals surface area contributed by atoms with Crippen LogP contribution in [0.3, 0.4) is 0 Å². The zero-order valence-electron chi connectivity index (χ0n) is 13.4. The number of benzene rings is 2. The molecule has 0 bridgehead atoms. The molecule has 1 fully saturated rings. The number of hydrogen-bond acceptors (Lipinski definition) is 3. The summed E-state index contributed by atoms with van der Waals surface area (Å²) < 4.78 is 26.7. The Morgan fingerprint density at radius 2 is 1.96 bits per heavy atom. The number of thioether (sulfide) groups is 1. The van der Waals surface area contributed by atoms with Gasteiger partial charge in [0, 0.05) is 11.0 Å². The highest BCUT2D eigenvalue weighted by Gasteiger charge is 2.42. The number of imide groups is 1. The van der Waals surface area contributed by atoms with E-state index in [0.717, 1.165) is 34.4 Å². The molecule has 2 atom stereocenters. The normalized spacial score (nSPS) is 17.8. The highest BCUT2D eigenvalue weighted by molar-refractivity contribution is 8.00. The van der Waals surface area contributed by atoms with Gasteiger partial charge in [-0.2, -0.15) is 0 Å². The molecule has 1 aliphatic heterocycles. The monoisotopic (exact) mass is 362 g/mol. The molecule has 3 rings (SSSR count). The van der Waals surface area contributed by atoms with Crippen LogP contribution in [0.2, 0.25) is 0 Å². The number of rotatable bonds is 4. The van der Waals surface area contributed by atoms with Crippen LogP contribution >= 0.6 is 11.8 Å². The summed E-state index contributed by atoms with van der Waals surface area (Å²) in [5.41, 5.74) is 0.914. The summed E-state index contributed by atoms with van der Waals surface area (Å²) in [7, 11) is 0. The molecule has 0 radical (unpaired) electrons.